The van der Waals surface area contributed by atoms with Gasteiger partial charge in [0.2, 0.25) is 0 Å². The van der Waals surface area contributed by atoms with Crippen LogP contribution in [0, 0.1) is 118 Å². The van der Waals surface area contributed by atoms with Crippen molar-refractivity contribution in [3.8, 4) is 28.7 Å². The Hall–Kier alpha value is -5.15. The van der Waals surface area contributed by atoms with Crippen LogP contribution in [-0.2, 0) is 24.0 Å². The Balaban J connectivity index is 0.000000275. The highest BCUT2D eigenvalue weighted by atomic mass is 32.1. The average molecular weight is 2110 g/mol. The van der Waals surface area contributed by atoms with Crippen LogP contribution in [0.1, 0.15) is 452 Å². The molecule has 0 aliphatic heterocycles. The molecule has 10 saturated carbocycles. The minimum absolute atomic E-state index is 0. The third kappa shape index (κ3) is 47.1. The van der Waals surface area contributed by atoms with Gasteiger partial charge < -0.3 is 23.7 Å². The Kier molecular flexibility index (Phi) is 64.9. The number of benzene rings is 5. The largest absolute Gasteiger partial charge is 0.426 e. The summed E-state index contributed by atoms with van der Waals surface area (Å²) in [5.41, 5.74) is 0. The van der Waals surface area contributed by atoms with Crippen LogP contribution in [0.2, 0.25) is 0 Å². The summed E-state index contributed by atoms with van der Waals surface area (Å²) < 4.78 is 27.9. The molecule has 10 aliphatic carbocycles. The Labute approximate surface area is 902 Å². The number of hydrogen-bond donors (Lipinski definition) is 5. The summed E-state index contributed by atoms with van der Waals surface area (Å²) in [4.78, 5) is 66.8. The molecule has 5 aromatic rings. The lowest BCUT2D eigenvalue weighted by Gasteiger charge is -2.37. The van der Waals surface area contributed by atoms with Gasteiger partial charge in [0.15, 0.2) is 0 Å². The highest BCUT2D eigenvalue weighted by molar-refractivity contribution is 7.81. The minimum Gasteiger partial charge on any atom is -0.426 e. The second-order valence-electron chi connectivity index (χ2n) is 45.8. The molecule has 0 bridgehead atoms. The molecule has 5 aromatic carbocycles. The van der Waals surface area contributed by atoms with Gasteiger partial charge in [0, 0.05) is 24.5 Å². The van der Waals surface area contributed by atoms with Crippen molar-refractivity contribution in [3.05, 3.63) is 121 Å². The topological polar surface area (TPSA) is 132 Å². The van der Waals surface area contributed by atoms with Crippen LogP contribution in [0.5, 0.6) is 28.7 Å². The molecule has 10 fully saturated rings. The highest BCUT2D eigenvalue weighted by Gasteiger charge is 2.40. The standard InChI is InChI=1S/5C25H38O2S.5FH/c5*1-2-3-4-5-6-19-7-9-20(10-8-19)21-11-13-22(14-12-21)25(26)27-23-15-17-24(28)18-16-23;;;;;/h5*15-22,28H,2-14H2,1H3;5*1H. The maximum absolute atomic E-state index is 12.5. The van der Waals surface area contributed by atoms with Gasteiger partial charge >= 0.3 is 29.8 Å². The van der Waals surface area contributed by atoms with E-state index in [4.69, 9.17) is 23.7 Å². The molecule has 0 spiro atoms. The van der Waals surface area contributed by atoms with Crippen molar-refractivity contribution in [2.45, 2.75) is 476 Å². The van der Waals surface area contributed by atoms with Crippen LogP contribution in [0.4, 0.5) is 23.5 Å². The van der Waals surface area contributed by atoms with E-state index >= 15 is 0 Å². The van der Waals surface area contributed by atoms with E-state index in [0.717, 1.165) is 177 Å². The lowest BCUT2D eigenvalue weighted by molar-refractivity contribution is -0.141. The molecule has 145 heavy (non-hydrogen) atoms. The van der Waals surface area contributed by atoms with Gasteiger partial charge in [-0.15, -0.1) is 63.1 Å². The maximum atomic E-state index is 12.5. The van der Waals surface area contributed by atoms with Gasteiger partial charge in [0.1, 0.15) is 28.7 Å². The summed E-state index contributed by atoms with van der Waals surface area (Å²) in [6.45, 7) is 11.5. The van der Waals surface area contributed by atoms with E-state index in [1.807, 2.05) is 121 Å². The molecule has 0 atom stereocenters. The fraction of sp³-hybridized carbons (Fsp3) is 0.720. The Morgan fingerprint density at radius 3 is 0.414 bits per heavy atom. The molecule has 0 saturated heterocycles. The molecule has 10 aliphatic rings. The molecule has 0 N–H and O–H groups in total. The molecule has 0 heterocycles. The monoisotopic (exact) mass is 2110 g/mol. The predicted molar refractivity (Wildman–Crippen MR) is 607 cm³/mol. The van der Waals surface area contributed by atoms with Crippen molar-refractivity contribution in [3.63, 3.8) is 0 Å². The second kappa shape index (κ2) is 73.2. The third-order valence-corrected chi connectivity index (χ3v) is 37.4. The van der Waals surface area contributed by atoms with E-state index in [1.165, 1.54) is 353 Å². The van der Waals surface area contributed by atoms with E-state index in [9.17, 15) is 24.0 Å². The first-order valence-electron chi connectivity index (χ1n) is 58.3. The van der Waals surface area contributed by atoms with Crippen LogP contribution in [-0.4, -0.2) is 29.8 Å². The SMILES string of the molecule is CCCCCCC1CCC(C2CCC(C(=O)Oc3ccc(S)cc3)CC2)CC1.CCCCCCC1CCC(C2CCC(C(=O)Oc3ccc(S)cc3)CC2)CC1.CCCCCCC1CCC(C2CCC(C(=O)Oc3ccc(S)cc3)CC2)CC1.CCCCCCC1CCC(C2CCC(C(=O)Oc3ccc(S)cc3)CC2)CC1.CCCCCCC1CCC(C2CCC(C(=O)Oc3ccc(S)cc3)CC2)CC1.F.F.F.F.F. The van der Waals surface area contributed by atoms with Crippen LogP contribution >= 0.6 is 63.1 Å². The van der Waals surface area contributed by atoms with Crippen LogP contribution < -0.4 is 23.7 Å². The van der Waals surface area contributed by atoms with Gasteiger partial charge in [-0.25, -0.2) is 0 Å². The molecule has 0 aromatic heterocycles. The number of rotatable bonds is 40. The molecule has 820 valence electrons. The van der Waals surface area contributed by atoms with Gasteiger partial charge in [0.05, 0.1) is 29.6 Å². The normalized spacial score (nSPS) is 27.1. The first-order chi connectivity index (χ1) is 68.3. The van der Waals surface area contributed by atoms with Gasteiger partial charge in [-0.1, -0.05) is 259 Å². The predicted octanol–water partition coefficient (Wildman–Crippen LogP) is 38.1. The number of thiol groups is 5. The molecule has 20 heteroatoms. The number of halogens is 5. The summed E-state index contributed by atoms with van der Waals surface area (Å²) in [6.07, 6.45) is 86.2. The number of unbranched alkanes of at least 4 members (excludes halogenated alkanes) is 15. The van der Waals surface area contributed by atoms with Crippen LogP contribution in [0.25, 0.3) is 0 Å². The smallest absolute Gasteiger partial charge is 0.314 e. The average Bonchev–Trinajstić information content (AvgIpc) is 0.852. The number of esters is 5. The third-order valence-electron chi connectivity index (χ3n) is 35.9. The van der Waals surface area contributed by atoms with E-state index in [1.54, 1.807) is 0 Å². The summed E-state index contributed by atoms with van der Waals surface area (Å²) in [7, 11) is 0. The lowest BCUT2D eigenvalue weighted by atomic mass is 9.68. The van der Waals surface area contributed by atoms with Crippen molar-refractivity contribution in [1.82, 2.24) is 0 Å². The van der Waals surface area contributed by atoms with E-state index in [-0.39, 0.29) is 83.0 Å². The Morgan fingerprint density at radius 1 is 0.179 bits per heavy atom. The van der Waals surface area contributed by atoms with Crippen molar-refractivity contribution < 1.29 is 71.2 Å². The molecule has 0 amide bonds. The number of hydrogen-bond acceptors (Lipinski definition) is 15. The van der Waals surface area contributed by atoms with Crippen LogP contribution in [0.15, 0.2) is 146 Å². The summed E-state index contributed by atoms with van der Waals surface area (Å²) in [6, 6.07) is 36.9. The maximum Gasteiger partial charge on any atom is 0.314 e. The number of ether oxygens (including phenoxy) is 5. The first-order valence-corrected chi connectivity index (χ1v) is 60.5. The number of carbonyl (C=O) groups excluding carboxylic acids is 5. The molecule has 10 nitrogen and oxygen atoms in total. The lowest BCUT2D eigenvalue weighted by Crippen LogP contribution is -2.30. The molecule has 0 unspecified atom stereocenters. The van der Waals surface area contributed by atoms with Crippen molar-refractivity contribution >= 4 is 93.0 Å². The summed E-state index contributed by atoms with van der Waals surface area (Å²) in [5.74, 6) is 17.1. The van der Waals surface area contributed by atoms with Crippen molar-refractivity contribution in [2.75, 3.05) is 0 Å². The van der Waals surface area contributed by atoms with Crippen molar-refractivity contribution in [1.29, 1.82) is 0 Å². The second-order valence-corrected chi connectivity index (χ2v) is 48.4. The summed E-state index contributed by atoms with van der Waals surface area (Å²) in [5, 5.41) is 0. The van der Waals surface area contributed by atoms with E-state index < -0.39 is 0 Å². The van der Waals surface area contributed by atoms with Gasteiger partial charge in [-0.2, -0.15) is 0 Å². The number of carbonyl (C=O) groups is 5. The minimum atomic E-state index is -0.0406. The zero-order chi connectivity index (χ0) is 98.8. The quantitative estimate of drug-likeness (QED) is 0.00849. The Morgan fingerprint density at radius 2 is 0.297 bits per heavy atom. The first kappa shape index (κ1) is 129. The molecular formula is C125H195F5O10S5. The molecule has 0 radical (unpaired) electrons. The fourth-order valence-electron chi connectivity index (χ4n) is 26.7. The zero-order valence-corrected chi connectivity index (χ0v) is 94.4. The van der Waals surface area contributed by atoms with E-state index in [0.29, 0.717) is 28.7 Å². The fourth-order valence-corrected chi connectivity index (χ4v) is 27.5. The molecular weight excluding hydrogens is 1920 g/mol. The summed E-state index contributed by atoms with van der Waals surface area (Å²) >= 11 is 21.4. The zero-order valence-electron chi connectivity index (χ0n) is 89.9. The van der Waals surface area contributed by atoms with Gasteiger partial charge in [-0.05, 0) is 403 Å². The highest BCUT2D eigenvalue weighted by Crippen LogP contribution is 2.50. The van der Waals surface area contributed by atoms with Crippen LogP contribution in [0.3, 0.4) is 0 Å². The Bertz CT molecular complexity index is 3560. The molecule has 15 rings (SSSR count). The van der Waals surface area contributed by atoms with E-state index in [2.05, 4.69) is 97.8 Å². The van der Waals surface area contributed by atoms with Gasteiger partial charge in [-0.3, -0.25) is 47.5 Å². The van der Waals surface area contributed by atoms with Gasteiger partial charge in [0.25, 0.3) is 0 Å². The van der Waals surface area contributed by atoms with Crippen molar-refractivity contribution in [2.24, 2.45) is 118 Å².